The van der Waals surface area contributed by atoms with Gasteiger partial charge in [-0.1, -0.05) is 15.9 Å². The van der Waals surface area contributed by atoms with E-state index in [1.54, 1.807) is 32.9 Å². The van der Waals surface area contributed by atoms with Crippen LogP contribution >= 0.6 is 15.9 Å². The lowest BCUT2D eigenvalue weighted by molar-refractivity contribution is 0.0438. The first-order valence-corrected chi connectivity index (χ1v) is 8.18. The highest BCUT2D eigenvalue weighted by atomic mass is 79.9. The van der Waals surface area contributed by atoms with Crippen LogP contribution in [0.1, 0.15) is 32.8 Å². The second-order valence-electron chi connectivity index (χ2n) is 5.50. The van der Waals surface area contributed by atoms with Gasteiger partial charge in [0.2, 0.25) is 0 Å². The molecule has 0 saturated heterocycles. The molecule has 2 N–H and O–H groups in total. The van der Waals surface area contributed by atoms with Gasteiger partial charge in [0.05, 0.1) is 11.1 Å². The van der Waals surface area contributed by atoms with Gasteiger partial charge in [-0.2, -0.15) is 0 Å². The molecule has 0 bridgehead atoms. The van der Waals surface area contributed by atoms with Crippen molar-refractivity contribution in [1.82, 2.24) is 4.72 Å². The Bertz CT molecular complexity index is 451. The third-order valence-corrected chi connectivity index (χ3v) is 3.91. The molecule has 0 aliphatic heterocycles. The number of hydrogen-bond acceptors (Lipinski definition) is 3. The summed E-state index contributed by atoms with van der Waals surface area (Å²) >= 11 is 1.97. The Kier molecular flexibility index (Phi) is 5.43. The fraction of sp³-hybridized carbons (Fsp3) is 0.538. The molecule has 19 heavy (non-hydrogen) atoms. The molecule has 1 aromatic carbocycles. The van der Waals surface area contributed by atoms with Gasteiger partial charge in [-0.05, 0) is 39.0 Å². The summed E-state index contributed by atoms with van der Waals surface area (Å²) < 4.78 is 29.1. The van der Waals surface area contributed by atoms with E-state index in [1.165, 1.54) is 12.3 Å². The normalized spacial score (nSPS) is 17.1. The van der Waals surface area contributed by atoms with Crippen molar-refractivity contribution in [3.05, 3.63) is 34.1 Å². The predicted molar refractivity (Wildman–Crippen MR) is 79.6 cm³/mol. The molecule has 0 fully saturated rings. The monoisotopic (exact) mass is 351 g/mol. The van der Waals surface area contributed by atoms with Crippen molar-refractivity contribution in [2.45, 2.75) is 38.3 Å². The summed E-state index contributed by atoms with van der Waals surface area (Å²) in [4.78, 5) is 0. The Balaban J connectivity index is 3.26. The van der Waals surface area contributed by atoms with Gasteiger partial charge in [-0.3, -0.25) is 0 Å². The molecule has 0 aliphatic carbocycles. The van der Waals surface area contributed by atoms with Crippen LogP contribution in [0.25, 0.3) is 0 Å². The summed E-state index contributed by atoms with van der Waals surface area (Å²) in [6, 6.07) is 4.59. The van der Waals surface area contributed by atoms with E-state index < -0.39 is 28.3 Å². The van der Waals surface area contributed by atoms with E-state index in [2.05, 4.69) is 20.7 Å². The predicted octanol–water partition coefficient (Wildman–Crippen LogP) is 2.85. The van der Waals surface area contributed by atoms with Crippen molar-refractivity contribution >= 4 is 27.3 Å². The molecule has 3 nitrogen and oxygen atoms in total. The Morgan fingerprint density at radius 3 is 2.47 bits per heavy atom. The quantitative estimate of drug-likeness (QED) is 0.802. The molecule has 0 amide bonds. The highest BCUT2D eigenvalue weighted by Crippen LogP contribution is 2.34. The minimum Gasteiger partial charge on any atom is -0.598 e. The third kappa shape index (κ3) is 5.04. The standard InChI is InChI=1S/C13H19BrFNO2S/c1-12(2,17)8-13(3,16-19(4)18)10-7-9(14)5-6-11(10)15/h5-7,16-17H,8H2,1-4H3/t13-,19+/m0/s1. The average Bonchev–Trinajstić information content (AvgIpc) is 2.17. The van der Waals surface area contributed by atoms with Gasteiger partial charge in [0.25, 0.3) is 0 Å². The maximum atomic E-state index is 14.0. The molecule has 6 heteroatoms. The first kappa shape index (κ1) is 16.9. The van der Waals surface area contributed by atoms with Crippen molar-refractivity contribution in [1.29, 1.82) is 0 Å². The van der Waals surface area contributed by atoms with E-state index in [1.807, 2.05) is 0 Å². The van der Waals surface area contributed by atoms with E-state index >= 15 is 0 Å². The first-order chi connectivity index (χ1) is 8.53. The number of hydrogen-bond donors (Lipinski definition) is 2. The molecule has 0 saturated carbocycles. The van der Waals surface area contributed by atoms with Gasteiger partial charge in [0.1, 0.15) is 12.1 Å². The second kappa shape index (κ2) is 6.10. The molecule has 0 spiro atoms. The van der Waals surface area contributed by atoms with E-state index in [9.17, 15) is 14.0 Å². The van der Waals surface area contributed by atoms with Crippen LogP contribution in [0.5, 0.6) is 0 Å². The summed E-state index contributed by atoms with van der Waals surface area (Å²) in [5, 5.41) is 10.0. The zero-order chi connectivity index (χ0) is 14.8. The Hall–Kier alpha value is -0.140. The lowest BCUT2D eigenvalue weighted by Gasteiger charge is -2.35. The highest BCUT2D eigenvalue weighted by Gasteiger charge is 2.38. The Morgan fingerprint density at radius 2 is 2.00 bits per heavy atom. The summed E-state index contributed by atoms with van der Waals surface area (Å²) in [7, 11) is 0. The molecule has 0 aliphatic rings. The smallest absolute Gasteiger partial charge is 0.128 e. The number of nitrogens with one attached hydrogen (secondary N) is 1. The zero-order valence-corrected chi connectivity index (χ0v) is 13.9. The van der Waals surface area contributed by atoms with Gasteiger partial charge < -0.3 is 9.66 Å². The van der Waals surface area contributed by atoms with Crippen molar-refractivity contribution in [3.8, 4) is 0 Å². The molecule has 0 radical (unpaired) electrons. The van der Waals surface area contributed by atoms with Crippen LogP contribution < -0.4 is 4.72 Å². The van der Waals surface area contributed by atoms with Crippen LogP contribution in [-0.4, -0.2) is 21.5 Å². The van der Waals surface area contributed by atoms with E-state index in [4.69, 9.17) is 0 Å². The maximum Gasteiger partial charge on any atom is 0.128 e. The van der Waals surface area contributed by atoms with Crippen molar-refractivity contribution in [2.75, 3.05) is 6.26 Å². The van der Waals surface area contributed by atoms with E-state index in [-0.39, 0.29) is 6.42 Å². The van der Waals surface area contributed by atoms with Crippen LogP contribution in [-0.2, 0) is 16.9 Å². The van der Waals surface area contributed by atoms with E-state index in [0.717, 1.165) is 4.47 Å². The van der Waals surface area contributed by atoms with Gasteiger partial charge >= 0.3 is 0 Å². The summed E-state index contributed by atoms with van der Waals surface area (Å²) in [5.74, 6) is -0.395. The summed E-state index contributed by atoms with van der Waals surface area (Å²) in [6.07, 6.45) is 1.71. The molecule has 1 rings (SSSR count). The largest absolute Gasteiger partial charge is 0.598 e. The summed E-state index contributed by atoms with van der Waals surface area (Å²) in [5.41, 5.74) is -1.57. The van der Waals surface area contributed by atoms with Crippen molar-refractivity contribution in [2.24, 2.45) is 0 Å². The average molecular weight is 352 g/mol. The number of rotatable bonds is 5. The summed E-state index contributed by atoms with van der Waals surface area (Å²) in [6.45, 7) is 5.01. The first-order valence-electron chi connectivity index (χ1n) is 5.83. The van der Waals surface area contributed by atoms with Crippen LogP contribution in [0.4, 0.5) is 4.39 Å². The molecule has 0 unspecified atom stereocenters. The Morgan fingerprint density at radius 1 is 1.42 bits per heavy atom. The molecule has 0 aromatic heterocycles. The van der Waals surface area contributed by atoms with Crippen LogP contribution in [0, 0.1) is 5.82 Å². The molecular formula is C13H19BrFNO2S. The SMILES string of the molecule is C[S@@+]([O-])N[C@@](C)(CC(C)(C)O)c1cc(Br)ccc1F. The zero-order valence-electron chi connectivity index (χ0n) is 11.5. The van der Waals surface area contributed by atoms with Crippen LogP contribution in [0.2, 0.25) is 0 Å². The van der Waals surface area contributed by atoms with Crippen LogP contribution in [0.15, 0.2) is 22.7 Å². The van der Waals surface area contributed by atoms with Gasteiger partial charge in [-0.15, -0.1) is 4.72 Å². The van der Waals surface area contributed by atoms with Gasteiger partial charge in [0, 0.05) is 27.8 Å². The lowest BCUT2D eigenvalue weighted by atomic mass is 9.83. The lowest BCUT2D eigenvalue weighted by Crippen LogP contribution is -2.47. The molecule has 108 valence electrons. The maximum absolute atomic E-state index is 14.0. The van der Waals surface area contributed by atoms with Gasteiger partial charge in [-0.25, -0.2) is 4.39 Å². The molecular weight excluding hydrogens is 333 g/mol. The topological polar surface area (TPSA) is 55.3 Å². The Labute approximate surface area is 125 Å². The van der Waals surface area contributed by atoms with Crippen LogP contribution in [0.3, 0.4) is 0 Å². The number of benzene rings is 1. The number of aliphatic hydroxyl groups is 1. The minimum absolute atomic E-state index is 0.229. The fourth-order valence-electron chi connectivity index (χ4n) is 2.29. The number of halogens is 2. The second-order valence-corrected chi connectivity index (χ2v) is 7.53. The third-order valence-electron chi connectivity index (χ3n) is 2.68. The van der Waals surface area contributed by atoms with Crippen molar-refractivity contribution in [3.63, 3.8) is 0 Å². The molecule has 0 heterocycles. The highest BCUT2D eigenvalue weighted by molar-refractivity contribution is 9.10. The fourth-order valence-corrected chi connectivity index (χ4v) is 3.47. The van der Waals surface area contributed by atoms with Crippen molar-refractivity contribution < 1.29 is 14.0 Å². The molecule has 2 atom stereocenters. The minimum atomic E-state index is -1.33. The molecule has 1 aromatic rings. The van der Waals surface area contributed by atoms with E-state index in [0.29, 0.717) is 5.56 Å². The van der Waals surface area contributed by atoms with Gasteiger partial charge in [0.15, 0.2) is 0 Å².